The highest BCUT2D eigenvalue weighted by atomic mass is 35.5. The molecule has 1 aromatic carbocycles. The summed E-state index contributed by atoms with van der Waals surface area (Å²) in [4.78, 5) is 0. The van der Waals surface area contributed by atoms with E-state index in [2.05, 4.69) is 5.32 Å². The predicted octanol–water partition coefficient (Wildman–Crippen LogP) is 1.34. The van der Waals surface area contributed by atoms with Crippen LogP contribution in [0, 0.1) is 0 Å². The number of hydrogen-bond acceptors (Lipinski definition) is 3. The molecule has 0 bridgehead atoms. The van der Waals surface area contributed by atoms with E-state index in [9.17, 15) is 0 Å². The molecule has 0 fully saturated rings. The van der Waals surface area contributed by atoms with Crippen molar-refractivity contribution in [2.45, 2.75) is 19.0 Å². The number of rotatable bonds is 5. The molecule has 3 N–H and O–H groups in total. The lowest BCUT2D eigenvalue weighted by Crippen LogP contribution is -2.37. The van der Waals surface area contributed by atoms with Crippen molar-refractivity contribution < 1.29 is 10.2 Å². The quantitative estimate of drug-likeness (QED) is 0.715. The van der Waals surface area contributed by atoms with Gasteiger partial charge in [0.15, 0.2) is 0 Å². The Morgan fingerprint density at radius 3 is 2.20 bits per heavy atom. The molecule has 0 aliphatic rings. The van der Waals surface area contributed by atoms with Crippen molar-refractivity contribution in [2.24, 2.45) is 0 Å². The topological polar surface area (TPSA) is 52.5 Å². The second kappa shape index (κ2) is 6.08. The first-order chi connectivity index (χ1) is 7.17. The average molecular weight is 230 g/mol. The Balaban J connectivity index is 2.60. The number of aliphatic hydroxyl groups is 2. The minimum absolute atomic E-state index is 0.0750. The lowest BCUT2D eigenvalue weighted by molar-refractivity contribution is 0.163. The number of benzene rings is 1. The van der Waals surface area contributed by atoms with E-state index in [4.69, 9.17) is 21.8 Å². The van der Waals surface area contributed by atoms with E-state index in [1.54, 1.807) is 0 Å². The third kappa shape index (κ3) is 3.80. The lowest BCUT2D eigenvalue weighted by Gasteiger charge is -2.20. The smallest absolute Gasteiger partial charge is 0.0607 e. The molecule has 1 atom stereocenters. The Bertz CT molecular complexity index is 285. The van der Waals surface area contributed by atoms with E-state index < -0.39 is 0 Å². The number of aliphatic hydroxyl groups excluding tert-OH is 2. The van der Waals surface area contributed by atoms with E-state index in [-0.39, 0.29) is 25.3 Å². The third-order valence-corrected chi connectivity index (χ3v) is 2.55. The average Bonchev–Trinajstić information content (AvgIpc) is 2.26. The fourth-order valence-corrected chi connectivity index (χ4v) is 1.49. The molecule has 4 heteroatoms. The van der Waals surface area contributed by atoms with Crippen molar-refractivity contribution >= 4 is 11.6 Å². The van der Waals surface area contributed by atoms with Gasteiger partial charge in [0.05, 0.1) is 19.3 Å². The van der Waals surface area contributed by atoms with E-state index in [0.29, 0.717) is 5.02 Å². The summed E-state index contributed by atoms with van der Waals surface area (Å²) >= 11 is 5.78. The summed E-state index contributed by atoms with van der Waals surface area (Å²) in [6, 6.07) is 7.28. The highest BCUT2D eigenvalue weighted by Crippen LogP contribution is 2.16. The lowest BCUT2D eigenvalue weighted by atomic mass is 10.1. The maximum Gasteiger partial charge on any atom is 0.0607 e. The third-order valence-electron chi connectivity index (χ3n) is 2.30. The Morgan fingerprint density at radius 1 is 1.20 bits per heavy atom. The largest absolute Gasteiger partial charge is 0.395 e. The van der Waals surface area contributed by atoms with Gasteiger partial charge in [-0.25, -0.2) is 0 Å². The van der Waals surface area contributed by atoms with Gasteiger partial charge in [0.1, 0.15) is 0 Å². The van der Waals surface area contributed by atoms with Gasteiger partial charge in [-0.1, -0.05) is 23.7 Å². The molecule has 3 nitrogen and oxygen atoms in total. The van der Waals surface area contributed by atoms with Crippen LogP contribution in [0.4, 0.5) is 0 Å². The molecular formula is C11H16ClNO2. The second-order valence-corrected chi connectivity index (χ2v) is 3.94. The first-order valence-electron chi connectivity index (χ1n) is 4.90. The highest BCUT2D eigenvalue weighted by molar-refractivity contribution is 6.30. The van der Waals surface area contributed by atoms with Gasteiger partial charge in [0.25, 0.3) is 0 Å². The zero-order valence-corrected chi connectivity index (χ0v) is 9.41. The molecule has 0 saturated carbocycles. The monoisotopic (exact) mass is 229 g/mol. The van der Waals surface area contributed by atoms with Crippen LogP contribution in [-0.4, -0.2) is 29.5 Å². The number of hydrogen-bond donors (Lipinski definition) is 3. The maximum absolute atomic E-state index is 8.92. The molecule has 15 heavy (non-hydrogen) atoms. The molecule has 0 heterocycles. The molecule has 0 radical (unpaired) electrons. The van der Waals surface area contributed by atoms with Crippen LogP contribution in [0.2, 0.25) is 5.02 Å². The molecule has 0 unspecified atom stereocenters. The zero-order valence-electron chi connectivity index (χ0n) is 8.65. The van der Waals surface area contributed by atoms with Crippen LogP contribution >= 0.6 is 11.6 Å². The zero-order chi connectivity index (χ0) is 11.3. The van der Waals surface area contributed by atoms with Crippen LogP contribution in [0.1, 0.15) is 18.5 Å². The summed E-state index contributed by atoms with van der Waals surface area (Å²) in [6.07, 6.45) is 0. The number of nitrogens with one attached hydrogen (secondary N) is 1. The van der Waals surface area contributed by atoms with Crippen LogP contribution < -0.4 is 5.32 Å². The molecule has 0 spiro atoms. The second-order valence-electron chi connectivity index (χ2n) is 3.50. The van der Waals surface area contributed by atoms with Gasteiger partial charge in [-0.3, -0.25) is 0 Å². The fraction of sp³-hybridized carbons (Fsp3) is 0.455. The Hall–Kier alpha value is -0.610. The molecule has 0 amide bonds. The fourth-order valence-electron chi connectivity index (χ4n) is 1.36. The van der Waals surface area contributed by atoms with Crippen LogP contribution in [-0.2, 0) is 0 Å². The molecule has 0 aliphatic carbocycles. The summed E-state index contributed by atoms with van der Waals surface area (Å²) < 4.78 is 0. The molecule has 0 aromatic heterocycles. The minimum atomic E-state index is -0.282. The van der Waals surface area contributed by atoms with Crippen LogP contribution in [0.25, 0.3) is 0 Å². The Morgan fingerprint density at radius 2 is 1.73 bits per heavy atom. The number of halogens is 1. The van der Waals surface area contributed by atoms with Gasteiger partial charge >= 0.3 is 0 Å². The Kier molecular flexibility index (Phi) is 5.05. The van der Waals surface area contributed by atoms with Crippen molar-refractivity contribution in [1.29, 1.82) is 0 Å². The van der Waals surface area contributed by atoms with Gasteiger partial charge in [-0.15, -0.1) is 0 Å². The van der Waals surface area contributed by atoms with Gasteiger partial charge in [-0.2, -0.15) is 0 Å². The molecule has 1 aromatic rings. The SMILES string of the molecule is C[C@H](NC(CO)CO)c1ccc(Cl)cc1. The van der Waals surface area contributed by atoms with Crippen LogP contribution in [0.3, 0.4) is 0 Å². The Labute approximate surface area is 94.7 Å². The molecule has 84 valence electrons. The first kappa shape index (κ1) is 12.5. The normalized spacial score (nSPS) is 13.1. The van der Waals surface area contributed by atoms with E-state index in [1.807, 2.05) is 31.2 Å². The van der Waals surface area contributed by atoms with Crippen molar-refractivity contribution in [3.8, 4) is 0 Å². The van der Waals surface area contributed by atoms with Crippen LogP contribution in [0.5, 0.6) is 0 Å². The summed E-state index contributed by atoms with van der Waals surface area (Å²) in [7, 11) is 0. The van der Waals surface area contributed by atoms with E-state index in [1.165, 1.54) is 0 Å². The summed E-state index contributed by atoms with van der Waals surface area (Å²) in [5.74, 6) is 0. The maximum atomic E-state index is 8.92. The predicted molar refractivity (Wildman–Crippen MR) is 61.0 cm³/mol. The summed E-state index contributed by atoms with van der Waals surface area (Å²) in [5.41, 5.74) is 1.08. The summed E-state index contributed by atoms with van der Waals surface area (Å²) in [6.45, 7) is 1.82. The van der Waals surface area contributed by atoms with Crippen molar-refractivity contribution in [2.75, 3.05) is 13.2 Å². The molecule has 0 aliphatic heterocycles. The molecule has 1 rings (SSSR count). The van der Waals surface area contributed by atoms with Crippen LogP contribution in [0.15, 0.2) is 24.3 Å². The van der Waals surface area contributed by atoms with Crippen molar-refractivity contribution in [1.82, 2.24) is 5.32 Å². The molecular weight excluding hydrogens is 214 g/mol. The van der Waals surface area contributed by atoms with Gasteiger partial charge in [0, 0.05) is 11.1 Å². The van der Waals surface area contributed by atoms with Gasteiger partial charge in [0.2, 0.25) is 0 Å². The van der Waals surface area contributed by atoms with Gasteiger partial charge < -0.3 is 15.5 Å². The molecule has 0 saturated heterocycles. The van der Waals surface area contributed by atoms with E-state index in [0.717, 1.165) is 5.56 Å². The van der Waals surface area contributed by atoms with E-state index >= 15 is 0 Å². The van der Waals surface area contributed by atoms with Crippen molar-refractivity contribution in [3.05, 3.63) is 34.9 Å². The minimum Gasteiger partial charge on any atom is -0.395 e. The van der Waals surface area contributed by atoms with Gasteiger partial charge in [-0.05, 0) is 24.6 Å². The first-order valence-corrected chi connectivity index (χ1v) is 5.28. The summed E-state index contributed by atoms with van der Waals surface area (Å²) in [5, 5.41) is 21.7. The van der Waals surface area contributed by atoms with Crippen molar-refractivity contribution in [3.63, 3.8) is 0 Å². The highest BCUT2D eigenvalue weighted by Gasteiger charge is 2.11. The standard InChI is InChI=1S/C11H16ClNO2/c1-8(13-11(6-14)7-15)9-2-4-10(12)5-3-9/h2-5,8,11,13-15H,6-7H2,1H3/t8-/m0/s1.